The van der Waals surface area contributed by atoms with Crippen LogP contribution < -0.4 is 10.6 Å². The number of thioether (sulfide) groups is 1. The number of nitrogens with zero attached hydrogens (tertiary/aromatic N) is 2. The summed E-state index contributed by atoms with van der Waals surface area (Å²) in [6.45, 7) is 3.36. The van der Waals surface area contributed by atoms with Gasteiger partial charge in [-0.25, -0.2) is 4.99 Å². The van der Waals surface area contributed by atoms with Crippen molar-refractivity contribution in [2.24, 2.45) is 4.99 Å². The second-order valence-corrected chi connectivity index (χ2v) is 6.77. The van der Waals surface area contributed by atoms with Gasteiger partial charge in [0.15, 0.2) is 5.96 Å². The molecule has 1 aromatic carbocycles. The first-order valence-electron chi connectivity index (χ1n) is 7.93. The number of aliphatic imine (C=N–C) groups is 1. The molecule has 2 unspecified atom stereocenters. The van der Waals surface area contributed by atoms with Gasteiger partial charge in [0.05, 0.1) is 11.5 Å². The zero-order valence-corrected chi connectivity index (χ0v) is 17.2. The molecule has 2 atom stereocenters. The highest BCUT2D eigenvalue weighted by molar-refractivity contribution is 14.0. The Morgan fingerprint density at radius 1 is 1.38 bits per heavy atom. The van der Waals surface area contributed by atoms with Crippen LogP contribution in [0.25, 0.3) is 0 Å². The van der Waals surface area contributed by atoms with Crippen LogP contribution in [0.1, 0.15) is 31.7 Å². The molecule has 0 bridgehead atoms. The SMILES string of the molecule is CCNC(=NCc1ccc([N+](=O)[O-])cc1)NC1CCC(SC)C1.I. The molecule has 1 aliphatic carbocycles. The molecule has 1 aromatic rings. The first-order chi connectivity index (χ1) is 11.1. The minimum Gasteiger partial charge on any atom is -0.357 e. The third-order valence-corrected chi connectivity index (χ3v) is 5.06. The highest BCUT2D eigenvalue weighted by Gasteiger charge is 2.24. The molecule has 0 spiro atoms. The van der Waals surface area contributed by atoms with Gasteiger partial charge in [-0.15, -0.1) is 24.0 Å². The number of nitro groups is 1. The fourth-order valence-electron chi connectivity index (χ4n) is 2.69. The van der Waals surface area contributed by atoms with E-state index in [-0.39, 0.29) is 34.6 Å². The van der Waals surface area contributed by atoms with E-state index in [0.29, 0.717) is 12.6 Å². The van der Waals surface area contributed by atoms with Gasteiger partial charge in [0, 0.05) is 30.0 Å². The van der Waals surface area contributed by atoms with Gasteiger partial charge < -0.3 is 10.6 Å². The Labute approximate surface area is 164 Å². The average Bonchev–Trinajstić information content (AvgIpc) is 3.01. The van der Waals surface area contributed by atoms with E-state index < -0.39 is 0 Å². The van der Waals surface area contributed by atoms with E-state index >= 15 is 0 Å². The first kappa shape index (κ1) is 21.0. The van der Waals surface area contributed by atoms with Crippen LogP contribution in [0.5, 0.6) is 0 Å². The predicted octanol–water partition coefficient (Wildman–Crippen LogP) is 3.55. The Morgan fingerprint density at radius 3 is 2.62 bits per heavy atom. The number of nitro benzene ring substituents is 1. The van der Waals surface area contributed by atoms with Crippen molar-refractivity contribution in [2.45, 2.75) is 44.0 Å². The van der Waals surface area contributed by atoms with Crippen molar-refractivity contribution in [1.29, 1.82) is 0 Å². The summed E-state index contributed by atoms with van der Waals surface area (Å²) < 4.78 is 0. The third kappa shape index (κ3) is 6.46. The van der Waals surface area contributed by atoms with Gasteiger partial charge in [-0.1, -0.05) is 12.1 Å². The maximum atomic E-state index is 10.7. The fraction of sp³-hybridized carbons (Fsp3) is 0.562. The highest BCUT2D eigenvalue weighted by atomic mass is 127. The Bertz CT molecular complexity index is 554. The summed E-state index contributed by atoms with van der Waals surface area (Å²) in [7, 11) is 0. The van der Waals surface area contributed by atoms with Gasteiger partial charge in [0.1, 0.15) is 0 Å². The van der Waals surface area contributed by atoms with Gasteiger partial charge in [0.2, 0.25) is 0 Å². The molecule has 1 fully saturated rings. The van der Waals surface area contributed by atoms with Crippen molar-refractivity contribution >= 4 is 47.4 Å². The molecule has 1 aliphatic rings. The average molecular weight is 464 g/mol. The summed E-state index contributed by atoms with van der Waals surface area (Å²) >= 11 is 1.94. The summed E-state index contributed by atoms with van der Waals surface area (Å²) in [5.41, 5.74) is 1.07. The molecule has 0 amide bonds. The minimum atomic E-state index is -0.388. The Morgan fingerprint density at radius 2 is 2.08 bits per heavy atom. The van der Waals surface area contributed by atoms with Crippen LogP contribution in [-0.4, -0.2) is 35.0 Å². The molecule has 0 radical (unpaired) electrons. The smallest absolute Gasteiger partial charge is 0.269 e. The molecular weight excluding hydrogens is 439 g/mol. The Hall–Kier alpha value is -1.03. The van der Waals surface area contributed by atoms with Crippen molar-refractivity contribution in [2.75, 3.05) is 12.8 Å². The molecule has 6 nitrogen and oxygen atoms in total. The maximum absolute atomic E-state index is 10.7. The summed E-state index contributed by atoms with van der Waals surface area (Å²) in [6, 6.07) is 7.02. The molecule has 2 rings (SSSR count). The molecule has 0 aromatic heterocycles. The lowest BCUT2D eigenvalue weighted by Crippen LogP contribution is -2.42. The van der Waals surface area contributed by atoms with E-state index in [4.69, 9.17) is 0 Å². The van der Waals surface area contributed by atoms with Gasteiger partial charge >= 0.3 is 0 Å². The number of non-ortho nitro benzene ring substituents is 1. The Balaban J connectivity index is 0.00000288. The van der Waals surface area contributed by atoms with Crippen molar-refractivity contribution in [3.63, 3.8) is 0 Å². The molecule has 2 N–H and O–H groups in total. The van der Waals surface area contributed by atoms with E-state index in [1.165, 1.54) is 31.4 Å². The molecule has 8 heteroatoms. The summed E-state index contributed by atoms with van der Waals surface area (Å²) in [5, 5.41) is 18.2. The maximum Gasteiger partial charge on any atom is 0.269 e. The zero-order chi connectivity index (χ0) is 16.7. The lowest BCUT2D eigenvalue weighted by atomic mass is 10.2. The molecule has 24 heavy (non-hydrogen) atoms. The number of nitrogens with one attached hydrogen (secondary N) is 2. The summed E-state index contributed by atoms with van der Waals surface area (Å²) in [6.07, 6.45) is 5.76. The van der Waals surface area contributed by atoms with Gasteiger partial charge in [-0.05, 0) is 38.0 Å². The molecule has 0 aliphatic heterocycles. The van der Waals surface area contributed by atoms with Crippen LogP contribution in [0, 0.1) is 10.1 Å². The molecule has 0 saturated heterocycles. The number of halogens is 1. The van der Waals surface area contributed by atoms with Crippen LogP contribution in [0.15, 0.2) is 29.3 Å². The van der Waals surface area contributed by atoms with Crippen LogP contribution >= 0.6 is 35.7 Å². The van der Waals surface area contributed by atoms with Crippen molar-refractivity contribution < 1.29 is 4.92 Å². The van der Waals surface area contributed by atoms with Gasteiger partial charge in [0.25, 0.3) is 5.69 Å². The topological polar surface area (TPSA) is 79.6 Å². The number of rotatable bonds is 6. The van der Waals surface area contributed by atoms with Crippen LogP contribution in [-0.2, 0) is 6.54 Å². The number of benzene rings is 1. The summed E-state index contributed by atoms with van der Waals surface area (Å²) in [5.74, 6) is 0.817. The van der Waals surface area contributed by atoms with Crippen molar-refractivity contribution in [1.82, 2.24) is 10.6 Å². The zero-order valence-electron chi connectivity index (χ0n) is 14.0. The number of guanidine groups is 1. The van der Waals surface area contributed by atoms with Crippen LogP contribution in [0.4, 0.5) is 5.69 Å². The third-order valence-electron chi connectivity index (χ3n) is 3.97. The largest absolute Gasteiger partial charge is 0.357 e. The lowest BCUT2D eigenvalue weighted by Gasteiger charge is -2.17. The van der Waals surface area contributed by atoms with E-state index in [0.717, 1.165) is 23.3 Å². The lowest BCUT2D eigenvalue weighted by molar-refractivity contribution is -0.384. The van der Waals surface area contributed by atoms with Crippen molar-refractivity contribution in [3.8, 4) is 0 Å². The second kappa shape index (κ2) is 10.8. The van der Waals surface area contributed by atoms with Gasteiger partial charge in [-0.3, -0.25) is 10.1 Å². The number of hydrogen-bond donors (Lipinski definition) is 2. The molecule has 134 valence electrons. The van der Waals surface area contributed by atoms with Crippen LogP contribution in [0.2, 0.25) is 0 Å². The monoisotopic (exact) mass is 464 g/mol. The second-order valence-electron chi connectivity index (χ2n) is 5.63. The van der Waals surface area contributed by atoms with Crippen molar-refractivity contribution in [3.05, 3.63) is 39.9 Å². The van der Waals surface area contributed by atoms with E-state index in [9.17, 15) is 10.1 Å². The quantitative estimate of drug-likeness (QED) is 0.221. The highest BCUT2D eigenvalue weighted by Crippen LogP contribution is 2.28. The predicted molar refractivity (Wildman–Crippen MR) is 111 cm³/mol. The first-order valence-corrected chi connectivity index (χ1v) is 9.22. The normalized spacial score (nSPS) is 20.3. The number of hydrogen-bond acceptors (Lipinski definition) is 4. The fourth-order valence-corrected chi connectivity index (χ4v) is 3.49. The minimum absolute atomic E-state index is 0. The summed E-state index contributed by atoms with van der Waals surface area (Å²) in [4.78, 5) is 14.9. The van der Waals surface area contributed by atoms with E-state index in [2.05, 4.69) is 21.9 Å². The molecule has 0 heterocycles. The van der Waals surface area contributed by atoms with Gasteiger partial charge in [-0.2, -0.15) is 11.8 Å². The molecular formula is C16H25IN4O2S. The molecule has 1 saturated carbocycles. The van der Waals surface area contributed by atoms with E-state index in [1.807, 2.05) is 18.7 Å². The Kier molecular flexibility index (Phi) is 9.42. The van der Waals surface area contributed by atoms with Crippen LogP contribution in [0.3, 0.4) is 0 Å². The van der Waals surface area contributed by atoms with E-state index in [1.54, 1.807) is 12.1 Å². The standard InChI is InChI=1S/C16H24N4O2S.HI/c1-3-17-16(19-13-6-9-15(10-13)23-2)18-11-12-4-7-14(8-5-12)20(21)22;/h4-5,7-8,13,15H,3,6,9-11H2,1-2H3,(H2,17,18,19);1H.